The zero-order valence-electron chi connectivity index (χ0n) is 12.3. The smallest absolute Gasteiger partial charge is 0.272 e. The van der Waals surface area contributed by atoms with Crippen molar-refractivity contribution in [3.05, 3.63) is 75.3 Å². The van der Waals surface area contributed by atoms with Crippen LogP contribution in [0, 0.1) is 10.1 Å². The fraction of sp³-hybridized carbons (Fsp3) is 0.235. The van der Waals surface area contributed by atoms with Crippen LogP contribution in [0.3, 0.4) is 0 Å². The highest BCUT2D eigenvalue weighted by Crippen LogP contribution is 2.26. The van der Waals surface area contributed by atoms with Crippen LogP contribution in [0.25, 0.3) is 0 Å². The van der Waals surface area contributed by atoms with Crippen molar-refractivity contribution in [2.75, 3.05) is 5.33 Å². The predicted octanol–water partition coefficient (Wildman–Crippen LogP) is 4.07. The fourth-order valence-electron chi connectivity index (χ4n) is 2.58. The van der Waals surface area contributed by atoms with E-state index in [9.17, 15) is 10.1 Å². The van der Waals surface area contributed by atoms with E-state index in [1.165, 1.54) is 0 Å². The molecule has 0 aliphatic carbocycles. The lowest BCUT2D eigenvalue weighted by Gasteiger charge is -2.07. The molecule has 0 saturated carbocycles. The molecule has 3 rings (SSSR count). The molecule has 0 fully saturated rings. The van der Waals surface area contributed by atoms with E-state index in [-0.39, 0.29) is 16.7 Å². The van der Waals surface area contributed by atoms with Gasteiger partial charge in [0.25, 0.3) is 5.69 Å². The number of hydrogen-bond acceptors (Lipinski definition) is 4. The lowest BCUT2D eigenvalue weighted by molar-refractivity contribution is -0.385. The Kier molecular flexibility index (Phi) is 4.71. The average Bonchev–Trinajstić information content (AvgIpc) is 3.04. The van der Waals surface area contributed by atoms with Gasteiger partial charge in [0.2, 0.25) is 0 Å². The minimum atomic E-state index is -0.337. The molecule has 2 aromatic carbocycles. The number of alkyl halides is 1. The van der Waals surface area contributed by atoms with Crippen LogP contribution in [-0.4, -0.2) is 22.1 Å². The SMILES string of the molecule is O=[N+]([O-])c1ccc(C2=NOC(CBr)C2)cc1Cc1ccccc1. The fourth-order valence-corrected chi connectivity index (χ4v) is 2.93. The summed E-state index contributed by atoms with van der Waals surface area (Å²) in [5.41, 5.74) is 3.57. The van der Waals surface area contributed by atoms with Gasteiger partial charge in [0, 0.05) is 35.4 Å². The van der Waals surface area contributed by atoms with E-state index in [1.807, 2.05) is 36.4 Å². The summed E-state index contributed by atoms with van der Waals surface area (Å²) in [5.74, 6) is 0. The van der Waals surface area contributed by atoms with E-state index in [0.717, 1.165) is 16.8 Å². The Balaban J connectivity index is 1.92. The largest absolute Gasteiger partial charge is 0.391 e. The molecule has 118 valence electrons. The summed E-state index contributed by atoms with van der Waals surface area (Å²) in [6.07, 6.45) is 1.24. The first-order valence-electron chi connectivity index (χ1n) is 7.27. The first-order valence-corrected chi connectivity index (χ1v) is 8.40. The zero-order valence-corrected chi connectivity index (χ0v) is 13.9. The Morgan fingerprint density at radius 3 is 2.70 bits per heavy atom. The Hall–Kier alpha value is -2.21. The third kappa shape index (κ3) is 3.59. The van der Waals surface area contributed by atoms with Gasteiger partial charge in [0.05, 0.1) is 10.6 Å². The maximum absolute atomic E-state index is 11.3. The van der Waals surface area contributed by atoms with Crippen molar-refractivity contribution in [1.29, 1.82) is 0 Å². The molecule has 0 saturated heterocycles. The molecular weight excluding hydrogens is 360 g/mol. The highest BCUT2D eigenvalue weighted by atomic mass is 79.9. The predicted molar refractivity (Wildman–Crippen MR) is 92.2 cm³/mol. The minimum absolute atomic E-state index is 0.0257. The van der Waals surface area contributed by atoms with E-state index < -0.39 is 0 Å². The van der Waals surface area contributed by atoms with Crippen molar-refractivity contribution in [3.63, 3.8) is 0 Å². The van der Waals surface area contributed by atoms with Crippen molar-refractivity contribution in [1.82, 2.24) is 0 Å². The van der Waals surface area contributed by atoms with Gasteiger partial charge in [-0.2, -0.15) is 0 Å². The van der Waals surface area contributed by atoms with Crippen LogP contribution >= 0.6 is 15.9 Å². The minimum Gasteiger partial charge on any atom is -0.391 e. The quantitative estimate of drug-likeness (QED) is 0.450. The van der Waals surface area contributed by atoms with Crippen molar-refractivity contribution in [2.45, 2.75) is 18.9 Å². The molecule has 23 heavy (non-hydrogen) atoms. The van der Waals surface area contributed by atoms with E-state index in [2.05, 4.69) is 21.1 Å². The number of oxime groups is 1. The van der Waals surface area contributed by atoms with Crippen molar-refractivity contribution < 1.29 is 9.76 Å². The Bertz CT molecular complexity index is 747. The number of nitro groups is 1. The summed E-state index contributed by atoms with van der Waals surface area (Å²) < 4.78 is 0. The zero-order chi connectivity index (χ0) is 16.2. The molecule has 0 aromatic heterocycles. The number of halogens is 1. The number of nitro benzene ring substituents is 1. The van der Waals surface area contributed by atoms with E-state index in [1.54, 1.807) is 12.1 Å². The van der Waals surface area contributed by atoms with E-state index >= 15 is 0 Å². The van der Waals surface area contributed by atoms with Gasteiger partial charge in [-0.25, -0.2) is 0 Å². The summed E-state index contributed by atoms with van der Waals surface area (Å²) >= 11 is 3.38. The molecular formula is C17H15BrN2O3. The normalized spacial score (nSPS) is 16.7. The standard InChI is InChI=1S/C17H15BrN2O3/c18-11-15-10-16(19-23-15)13-6-7-17(20(21)22)14(9-13)8-12-4-2-1-3-5-12/h1-7,9,15H,8,10-11H2. The van der Waals surface area contributed by atoms with Crippen molar-refractivity contribution >= 4 is 27.3 Å². The van der Waals surface area contributed by atoms with Gasteiger partial charge in [-0.3, -0.25) is 10.1 Å². The first-order chi connectivity index (χ1) is 11.2. The van der Waals surface area contributed by atoms with Gasteiger partial charge in [0.1, 0.15) is 6.10 Å². The first kappa shape index (κ1) is 15.7. The van der Waals surface area contributed by atoms with Crippen molar-refractivity contribution in [3.8, 4) is 0 Å². The molecule has 0 radical (unpaired) electrons. The van der Waals surface area contributed by atoms with Gasteiger partial charge < -0.3 is 4.84 Å². The highest BCUT2D eigenvalue weighted by molar-refractivity contribution is 9.09. The molecule has 1 heterocycles. The van der Waals surface area contributed by atoms with Crippen LogP contribution < -0.4 is 0 Å². The maximum Gasteiger partial charge on any atom is 0.272 e. The third-order valence-electron chi connectivity index (χ3n) is 3.75. The van der Waals surface area contributed by atoms with Crippen LogP contribution in [0.15, 0.2) is 53.7 Å². The molecule has 0 bridgehead atoms. The summed E-state index contributed by atoms with van der Waals surface area (Å²) in [5, 5.41) is 16.1. The second-order valence-corrected chi connectivity index (χ2v) is 6.03. The van der Waals surface area contributed by atoms with E-state index in [4.69, 9.17) is 4.84 Å². The van der Waals surface area contributed by atoms with Crippen LogP contribution in [-0.2, 0) is 11.3 Å². The number of hydrogen-bond donors (Lipinski definition) is 0. The maximum atomic E-state index is 11.3. The summed E-state index contributed by atoms with van der Waals surface area (Å²) in [6, 6.07) is 14.9. The van der Waals surface area contributed by atoms with Crippen LogP contribution in [0.1, 0.15) is 23.1 Å². The number of nitrogens with zero attached hydrogens (tertiary/aromatic N) is 2. The molecule has 5 nitrogen and oxygen atoms in total. The Labute approximate surface area is 142 Å². The van der Waals surface area contributed by atoms with Crippen molar-refractivity contribution in [2.24, 2.45) is 5.16 Å². The number of benzene rings is 2. The highest BCUT2D eigenvalue weighted by Gasteiger charge is 2.23. The van der Waals surface area contributed by atoms with Crippen LogP contribution in [0.5, 0.6) is 0 Å². The number of rotatable bonds is 5. The van der Waals surface area contributed by atoms with Crippen LogP contribution in [0.4, 0.5) is 5.69 Å². The van der Waals surface area contributed by atoms with E-state index in [0.29, 0.717) is 23.7 Å². The van der Waals surface area contributed by atoms with Gasteiger partial charge in [0.15, 0.2) is 0 Å². The summed E-state index contributed by atoms with van der Waals surface area (Å²) in [6.45, 7) is 0. The third-order valence-corrected chi connectivity index (χ3v) is 4.47. The summed E-state index contributed by atoms with van der Waals surface area (Å²) in [7, 11) is 0. The van der Waals surface area contributed by atoms with Gasteiger partial charge in [-0.1, -0.05) is 51.4 Å². The molecule has 1 aliphatic heterocycles. The summed E-state index contributed by atoms with van der Waals surface area (Å²) in [4.78, 5) is 16.3. The molecule has 0 N–H and O–H groups in total. The van der Waals surface area contributed by atoms with Crippen LogP contribution in [0.2, 0.25) is 0 Å². The second kappa shape index (κ2) is 6.91. The molecule has 2 aromatic rings. The van der Waals surface area contributed by atoms with Gasteiger partial charge >= 0.3 is 0 Å². The molecule has 1 atom stereocenters. The Morgan fingerprint density at radius 1 is 1.26 bits per heavy atom. The lowest BCUT2D eigenvalue weighted by atomic mass is 9.97. The topological polar surface area (TPSA) is 64.7 Å². The second-order valence-electron chi connectivity index (χ2n) is 5.39. The lowest BCUT2D eigenvalue weighted by Crippen LogP contribution is -2.10. The monoisotopic (exact) mass is 374 g/mol. The molecule has 1 aliphatic rings. The Morgan fingerprint density at radius 2 is 2.04 bits per heavy atom. The molecule has 6 heteroatoms. The molecule has 0 spiro atoms. The van der Waals surface area contributed by atoms with Gasteiger partial charge in [-0.05, 0) is 17.7 Å². The average molecular weight is 375 g/mol. The van der Waals surface area contributed by atoms with Gasteiger partial charge in [-0.15, -0.1) is 0 Å². The molecule has 0 amide bonds. The molecule has 1 unspecified atom stereocenters.